The van der Waals surface area contributed by atoms with Gasteiger partial charge in [-0.2, -0.15) is 0 Å². The van der Waals surface area contributed by atoms with Crippen LogP contribution in [0.5, 0.6) is 0 Å². The van der Waals surface area contributed by atoms with Gasteiger partial charge in [0.05, 0.1) is 8.07 Å². The van der Waals surface area contributed by atoms with Gasteiger partial charge < -0.3 is 4.43 Å². The Morgan fingerprint density at radius 1 is 1.14 bits per heavy atom. The average Bonchev–Trinajstić information content (AvgIpc) is 2.33. The average molecular weight is 341 g/mol. The van der Waals surface area contributed by atoms with E-state index in [9.17, 15) is 0 Å². The second-order valence-electron chi connectivity index (χ2n) is 8.52. The van der Waals surface area contributed by atoms with Crippen molar-refractivity contribution in [2.75, 3.05) is 0 Å². The fourth-order valence-electron chi connectivity index (χ4n) is 2.37. The Morgan fingerprint density at radius 2 is 1.62 bits per heavy atom. The van der Waals surface area contributed by atoms with Crippen LogP contribution in [0.2, 0.25) is 51.0 Å². The van der Waals surface area contributed by atoms with Crippen LogP contribution in [0.15, 0.2) is 12.3 Å². The molecule has 0 aromatic heterocycles. The summed E-state index contributed by atoms with van der Waals surface area (Å²) in [5, 5.41) is 0.697. The van der Waals surface area contributed by atoms with E-state index in [1.165, 1.54) is 0 Å². The van der Waals surface area contributed by atoms with Crippen molar-refractivity contribution < 1.29 is 4.43 Å². The second-order valence-corrected chi connectivity index (χ2v) is 23.0. The summed E-state index contributed by atoms with van der Waals surface area (Å²) >= 11 is 0. The van der Waals surface area contributed by atoms with Gasteiger partial charge in [0.2, 0.25) is 0 Å². The highest BCUT2D eigenvalue weighted by molar-refractivity contribution is 7.02. The Bertz CT molecular complexity index is 424. The van der Waals surface area contributed by atoms with E-state index in [0.717, 1.165) is 6.42 Å². The third-order valence-electron chi connectivity index (χ3n) is 4.58. The molecule has 21 heavy (non-hydrogen) atoms. The van der Waals surface area contributed by atoms with Crippen molar-refractivity contribution in [3.8, 4) is 11.5 Å². The molecule has 4 heteroatoms. The van der Waals surface area contributed by atoms with Gasteiger partial charge in [0.15, 0.2) is 8.32 Å². The van der Waals surface area contributed by atoms with Crippen molar-refractivity contribution >= 4 is 24.5 Å². The first kappa shape index (κ1) is 20.9. The molecule has 0 fully saturated rings. The van der Waals surface area contributed by atoms with Gasteiger partial charge in [-0.05, 0) is 38.2 Å². The number of rotatable bonds is 6. The molecule has 2 unspecified atom stereocenters. The molecular weight excluding hydrogens is 304 g/mol. The third-order valence-corrected chi connectivity index (χ3v) is 16.3. The largest absolute Gasteiger partial charge is 0.402 e. The lowest BCUT2D eigenvalue weighted by Crippen LogP contribution is -2.45. The maximum Gasteiger partial charge on any atom is 0.185 e. The molecular formula is C17H36OSi3. The van der Waals surface area contributed by atoms with Gasteiger partial charge in [-0.15, -0.1) is 17.8 Å². The molecule has 0 aliphatic heterocycles. The number of hydrogen-bond acceptors (Lipinski definition) is 1. The molecule has 0 heterocycles. The van der Waals surface area contributed by atoms with E-state index >= 15 is 0 Å². The van der Waals surface area contributed by atoms with Gasteiger partial charge in [0.25, 0.3) is 0 Å². The molecule has 0 saturated carbocycles. The first-order valence-electron chi connectivity index (χ1n) is 8.07. The SMILES string of the molecule is C=C[Si](C)(C)C(C)[Si](C)(C)C#CC(C)(CC)O[Si](C)(C)C. The van der Waals surface area contributed by atoms with Crippen molar-refractivity contribution in [2.24, 2.45) is 0 Å². The van der Waals surface area contributed by atoms with Crippen LogP contribution in [0.4, 0.5) is 0 Å². The van der Waals surface area contributed by atoms with E-state index in [-0.39, 0.29) is 5.60 Å². The number of hydrogen-bond donors (Lipinski definition) is 0. The Labute approximate surface area is 136 Å². The summed E-state index contributed by atoms with van der Waals surface area (Å²) < 4.78 is 6.34. The minimum Gasteiger partial charge on any atom is -0.402 e. The zero-order valence-corrected chi connectivity index (χ0v) is 19.0. The standard InChI is InChI=1S/C17H36OSi3/c1-12-17(4,18-19(5,6)7)14-15-21(10,11)16(3)20(8,9)13-2/h13,16H,2,12H2,1,3-11H3. The van der Waals surface area contributed by atoms with Gasteiger partial charge >= 0.3 is 0 Å². The van der Waals surface area contributed by atoms with Crippen LogP contribution < -0.4 is 0 Å². The van der Waals surface area contributed by atoms with Crippen molar-refractivity contribution in [2.45, 2.75) is 83.8 Å². The van der Waals surface area contributed by atoms with Crippen LogP contribution in [0.3, 0.4) is 0 Å². The highest BCUT2D eigenvalue weighted by Gasteiger charge is 2.38. The molecule has 0 saturated heterocycles. The van der Waals surface area contributed by atoms with Crippen LogP contribution in [0.1, 0.15) is 27.2 Å². The van der Waals surface area contributed by atoms with E-state index in [1.807, 2.05) is 0 Å². The lowest BCUT2D eigenvalue weighted by Gasteiger charge is -2.36. The summed E-state index contributed by atoms with van der Waals surface area (Å²) in [7, 11) is -4.55. The second kappa shape index (κ2) is 6.99. The molecule has 0 aromatic carbocycles. The predicted octanol–water partition coefficient (Wildman–Crippen LogP) is 5.62. The Balaban J connectivity index is 5.39. The van der Waals surface area contributed by atoms with Gasteiger partial charge in [0, 0.05) is 0 Å². The van der Waals surface area contributed by atoms with Crippen molar-refractivity contribution in [1.82, 2.24) is 0 Å². The molecule has 0 N–H and O–H groups in total. The van der Waals surface area contributed by atoms with Gasteiger partial charge in [-0.1, -0.05) is 46.0 Å². The Hall–Kier alpha value is -0.0894. The smallest absolute Gasteiger partial charge is 0.185 e. The minimum atomic E-state index is -1.60. The molecule has 0 bridgehead atoms. The van der Waals surface area contributed by atoms with Crippen LogP contribution in [0, 0.1) is 11.5 Å². The molecule has 2 atom stereocenters. The molecule has 0 rings (SSSR count). The maximum absolute atomic E-state index is 6.34. The topological polar surface area (TPSA) is 9.23 Å². The summed E-state index contributed by atoms with van der Waals surface area (Å²) in [6, 6.07) is 0. The third kappa shape index (κ3) is 6.68. The highest BCUT2D eigenvalue weighted by Crippen LogP contribution is 2.32. The molecule has 122 valence electrons. The van der Waals surface area contributed by atoms with Crippen LogP contribution in [0.25, 0.3) is 0 Å². The van der Waals surface area contributed by atoms with E-state index in [0.29, 0.717) is 5.16 Å². The van der Waals surface area contributed by atoms with E-state index in [1.54, 1.807) is 0 Å². The van der Waals surface area contributed by atoms with Crippen LogP contribution >= 0.6 is 0 Å². The zero-order chi connectivity index (χ0) is 17.1. The molecule has 0 aromatic rings. The van der Waals surface area contributed by atoms with Crippen molar-refractivity contribution in [3.63, 3.8) is 0 Å². The first-order chi connectivity index (χ1) is 9.19. The summed E-state index contributed by atoms with van der Waals surface area (Å²) in [4.78, 5) is 0. The highest BCUT2D eigenvalue weighted by atomic mass is 28.4. The van der Waals surface area contributed by atoms with Gasteiger partial charge in [-0.25, -0.2) is 0 Å². The normalized spacial score (nSPS) is 17.4. The van der Waals surface area contributed by atoms with Crippen molar-refractivity contribution in [3.05, 3.63) is 12.3 Å². The minimum absolute atomic E-state index is 0.283. The first-order valence-corrected chi connectivity index (χ1v) is 17.7. The lowest BCUT2D eigenvalue weighted by atomic mass is 10.1. The van der Waals surface area contributed by atoms with E-state index < -0.39 is 24.5 Å². The van der Waals surface area contributed by atoms with Crippen LogP contribution in [-0.2, 0) is 4.43 Å². The van der Waals surface area contributed by atoms with Gasteiger partial charge in [-0.3, -0.25) is 0 Å². The zero-order valence-electron chi connectivity index (χ0n) is 16.0. The summed E-state index contributed by atoms with van der Waals surface area (Å²) in [6.45, 7) is 27.1. The fraction of sp³-hybridized carbons (Fsp3) is 0.765. The van der Waals surface area contributed by atoms with E-state index in [2.05, 4.69) is 90.3 Å². The van der Waals surface area contributed by atoms with E-state index in [4.69, 9.17) is 4.43 Å². The molecule has 0 aliphatic rings. The maximum atomic E-state index is 6.34. The monoisotopic (exact) mass is 340 g/mol. The van der Waals surface area contributed by atoms with Gasteiger partial charge in [0.1, 0.15) is 13.7 Å². The summed E-state index contributed by atoms with van der Waals surface area (Å²) in [5.41, 5.74) is 5.62. The van der Waals surface area contributed by atoms with Crippen LogP contribution in [-0.4, -0.2) is 30.1 Å². The molecule has 1 nitrogen and oxygen atoms in total. The fourth-order valence-corrected chi connectivity index (χ4v) is 13.1. The Kier molecular flexibility index (Phi) is 6.96. The Morgan fingerprint density at radius 3 is 1.95 bits per heavy atom. The van der Waals surface area contributed by atoms with Crippen molar-refractivity contribution in [1.29, 1.82) is 0 Å². The molecule has 0 amide bonds. The molecule has 0 radical (unpaired) electrons. The summed E-state index contributed by atoms with van der Waals surface area (Å²) in [5.74, 6) is 3.53. The summed E-state index contributed by atoms with van der Waals surface area (Å²) in [6.07, 6.45) is 0.950. The molecule has 0 aliphatic carbocycles. The molecule has 0 spiro atoms. The predicted molar refractivity (Wildman–Crippen MR) is 105 cm³/mol. The quantitative estimate of drug-likeness (QED) is 0.450. The lowest BCUT2D eigenvalue weighted by molar-refractivity contribution is 0.138.